The number of nitrogens with zero attached hydrogens (tertiary/aromatic N) is 1. The third-order valence-electron chi connectivity index (χ3n) is 3.96. The summed E-state index contributed by atoms with van der Waals surface area (Å²) in [5, 5.41) is 2.50. The van der Waals surface area contributed by atoms with Crippen molar-refractivity contribution in [3.8, 4) is 0 Å². The Morgan fingerprint density at radius 2 is 2.05 bits per heavy atom. The lowest BCUT2D eigenvalue weighted by atomic mass is 10.1. The minimum absolute atomic E-state index is 0.130. The van der Waals surface area contributed by atoms with E-state index in [1.807, 2.05) is 16.7 Å². The van der Waals surface area contributed by atoms with E-state index in [4.69, 9.17) is 0 Å². The second-order valence-corrected chi connectivity index (χ2v) is 7.78. The normalized spacial score (nSPS) is 21.0. The standard InChI is InChI=1S/C15H17FN2O2S/c1-15(2)3-4-18(5-6-21-15)12-8-11-9(7-10(12)16)13(19)14(20)17-11/h7-8H,3-6H2,1-2H3,(H,17,19,20). The fraction of sp³-hybridized carbons (Fsp3) is 0.467. The van der Waals surface area contributed by atoms with Crippen molar-refractivity contribution in [2.45, 2.75) is 25.0 Å². The zero-order valence-corrected chi connectivity index (χ0v) is 12.8. The molecule has 1 N–H and O–H groups in total. The topological polar surface area (TPSA) is 49.4 Å². The number of nitrogens with one attached hydrogen (secondary N) is 1. The molecule has 6 heteroatoms. The molecule has 0 unspecified atom stereocenters. The highest BCUT2D eigenvalue weighted by Gasteiger charge is 2.31. The summed E-state index contributed by atoms with van der Waals surface area (Å²) in [6, 6.07) is 2.75. The maximum absolute atomic E-state index is 14.3. The molecule has 0 radical (unpaired) electrons. The second kappa shape index (κ2) is 5.02. The van der Waals surface area contributed by atoms with Gasteiger partial charge in [-0.05, 0) is 18.6 Å². The van der Waals surface area contributed by atoms with Crippen LogP contribution in [0.3, 0.4) is 0 Å². The highest BCUT2D eigenvalue weighted by Crippen LogP contribution is 2.35. The SMILES string of the molecule is CC1(C)CCN(c2cc3c(cc2F)C(=O)C(=O)N3)CCS1. The number of carbonyl (C=O) groups is 2. The van der Waals surface area contributed by atoms with Gasteiger partial charge in [0.05, 0.1) is 16.9 Å². The predicted molar refractivity (Wildman–Crippen MR) is 82.7 cm³/mol. The Hall–Kier alpha value is -1.56. The van der Waals surface area contributed by atoms with Crippen LogP contribution in [0.1, 0.15) is 30.6 Å². The minimum Gasteiger partial charge on any atom is -0.368 e. The molecule has 2 aliphatic rings. The number of Topliss-reactive ketones (excluding diaryl/α,β-unsaturated/α-hetero) is 1. The van der Waals surface area contributed by atoms with E-state index in [1.165, 1.54) is 6.07 Å². The number of amides is 1. The summed E-state index contributed by atoms with van der Waals surface area (Å²) >= 11 is 1.88. The van der Waals surface area contributed by atoms with Gasteiger partial charge in [-0.25, -0.2) is 4.39 Å². The molecule has 0 spiro atoms. The smallest absolute Gasteiger partial charge is 0.296 e. The molecule has 0 bridgehead atoms. The fourth-order valence-electron chi connectivity index (χ4n) is 2.66. The summed E-state index contributed by atoms with van der Waals surface area (Å²) < 4.78 is 14.5. The van der Waals surface area contributed by atoms with E-state index in [0.29, 0.717) is 11.4 Å². The van der Waals surface area contributed by atoms with Crippen molar-refractivity contribution in [1.82, 2.24) is 0 Å². The number of halogens is 1. The first kappa shape index (κ1) is 14.4. The van der Waals surface area contributed by atoms with Crippen LogP contribution in [0, 0.1) is 5.82 Å². The van der Waals surface area contributed by atoms with Gasteiger partial charge in [-0.1, -0.05) is 13.8 Å². The van der Waals surface area contributed by atoms with Crippen LogP contribution in [0.5, 0.6) is 0 Å². The first-order valence-electron chi connectivity index (χ1n) is 6.95. The van der Waals surface area contributed by atoms with Crippen molar-refractivity contribution in [3.05, 3.63) is 23.5 Å². The lowest BCUT2D eigenvalue weighted by Gasteiger charge is -2.25. The number of rotatable bonds is 1. The summed E-state index contributed by atoms with van der Waals surface area (Å²) in [4.78, 5) is 24.9. The molecule has 1 aromatic carbocycles. The molecule has 112 valence electrons. The van der Waals surface area contributed by atoms with Gasteiger partial charge in [0, 0.05) is 23.6 Å². The lowest BCUT2D eigenvalue weighted by Crippen LogP contribution is -2.27. The average Bonchev–Trinajstić information content (AvgIpc) is 2.59. The first-order valence-corrected chi connectivity index (χ1v) is 7.94. The van der Waals surface area contributed by atoms with Gasteiger partial charge in [0.25, 0.3) is 11.7 Å². The van der Waals surface area contributed by atoms with Crippen LogP contribution in [0.25, 0.3) is 0 Å². The number of benzene rings is 1. The van der Waals surface area contributed by atoms with Gasteiger partial charge in [-0.3, -0.25) is 9.59 Å². The highest BCUT2D eigenvalue weighted by atomic mass is 32.2. The molecule has 0 aromatic heterocycles. The van der Waals surface area contributed by atoms with Crippen molar-refractivity contribution < 1.29 is 14.0 Å². The quantitative estimate of drug-likeness (QED) is 0.810. The summed E-state index contributed by atoms with van der Waals surface area (Å²) in [7, 11) is 0. The van der Waals surface area contributed by atoms with E-state index < -0.39 is 17.5 Å². The number of anilines is 2. The summed E-state index contributed by atoms with van der Waals surface area (Å²) in [5.41, 5.74) is 1.00. The molecule has 0 atom stereocenters. The summed E-state index contributed by atoms with van der Waals surface area (Å²) in [5.74, 6) is -0.866. The minimum atomic E-state index is -0.686. The molecule has 2 aliphatic heterocycles. The summed E-state index contributed by atoms with van der Waals surface area (Å²) in [6.07, 6.45) is 0.958. The van der Waals surface area contributed by atoms with E-state index in [1.54, 1.807) is 6.07 Å². The third kappa shape index (κ3) is 2.64. The van der Waals surface area contributed by atoms with Gasteiger partial charge < -0.3 is 10.2 Å². The molecule has 1 aromatic rings. The van der Waals surface area contributed by atoms with Crippen molar-refractivity contribution >= 4 is 34.8 Å². The van der Waals surface area contributed by atoms with Gasteiger partial charge in [0.2, 0.25) is 0 Å². The van der Waals surface area contributed by atoms with Crippen molar-refractivity contribution in [2.75, 3.05) is 29.1 Å². The number of fused-ring (bicyclic) bond motifs is 1. The van der Waals surface area contributed by atoms with Crippen LogP contribution in [0.4, 0.5) is 15.8 Å². The van der Waals surface area contributed by atoms with E-state index in [0.717, 1.165) is 25.3 Å². The van der Waals surface area contributed by atoms with Crippen LogP contribution in [0.2, 0.25) is 0 Å². The molecule has 2 heterocycles. The van der Waals surface area contributed by atoms with Crippen molar-refractivity contribution in [1.29, 1.82) is 0 Å². The van der Waals surface area contributed by atoms with Gasteiger partial charge in [-0.2, -0.15) is 11.8 Å². The van der Waals surface area contributed by atoms with Crippen LogP contribution in [-0.4, -0.2) is 35.3 Å². The van der Waals surface area contributed by atoms with Gasteiger partial charge in [-0.15, -0.1) is 0 Å². The van der Waals surface area contributed by atoms with E-state index in [2.05, 4.69) is 19.2 Å². The van der Waals surface area contributed by atoms with Gasteiger partial charge >= 0.3 is 0 Å². The Morgan fingerprint density at radius 1 is 1.29 bits per heavy atom. The summed E-state index contributed by atoms with van der Waals surface area (Å²) in [6.45, 7) is 5.90. The Morgan fingerprint density at radius 3 is 2.81 bits per heavy atom. The van der Waals surface area contributed by atoms with E-state index in [9.17, 15) is 14.0 Å². The molecule has 0 aliphatic carbocycles. The zero-order chi connectivity index (χ0) is 15.2. The Balaban J connectivity index is 1.92. The second-order valence-electron chi connectivity index (χ2n) is 5.98. The van der Waals surface area contributed by atoms with Gasteiger partial charge in [0.1, 0.15) is 5.82 Å². The molecule has 1 amide bonds. The maximum Gasteiger partial charge on any atom is 0.296 e. The van der Waals surface area contributed by atoms with E-state index >= 15 is 0 Å². The fourth-order valence-corrected chi connectivity index (χ4v) is 3.76. The Kier molecular flexibility index (Phi) is 3.43. The van der Waals surface area contributed by atoms with Crippen LogP contribution >= 0.6 is 11.8 Å². The van der Waals surface area contributed by atoms with Crippen LogP contribution in [0.15, 0.2) is 12.1 Å². The predicted octanol–water partition coefficient (Wildman–Crippen LogP) is 2.68. The number of thioether (sulfide) groups is 1. The Bertz CT molecular complexity index is 630. The number of carbonyl (C=O) groups excluding carboxylic acids is 2. The Labute approximate surface area is 127 Å². The molecule has 3 rings (SSSR count). The van der Waals surface area contributed by atoms with E-state index in [-0.39, 0.29) is 10.3 Å². The number of hydrogen-bond donors (Lipinski definition) is 1. The van der Waals surface area contributed by atoms with Gasteiger partial charge in [0.15, 0.2) is 0 Å². The molecule has 1 saturated heterocycles. The molecule has 0 saturated carbocycles. The number of ketones is 1. The average molecular weight is 308 g/mol. The third-order valence-corrected chi connectivity index (χ3v) is 5.34. The molecular formula is C15H17FN2O2S. The first-order chi connectivity index (χ1) is 9.87. The molecular weight excluding hydrogens is 291 g/mol. The van der Waals surface area contributed by atoms with Crippen LogP contribution in [-0.2, 0) is 4.79 Å². The lowest BCUT2D eigenvalue weighted by molar-refractivity contribution is -0.112. The number of hydrogen-bond acceptors (Lipinski definition) is 4. The van der Waals surface area contributed by atoms with Crippen molar-refractivity contribution in [3.63, 3.8) is 0 Å². The highest BCUT2D eigenvalue weighted by molar-refractivity contribution is 8.00. The molecule has 21 heavy (non-hydrogen) atoms. The van der Waals surface area contributed by atoms with Crippen LogP contribution < -0.4 is 10.2 Å². The monoisotopic (exact) mass is 308 g/mol. The maximum atomic E-state index is 14.3. The molecule has 4 nitrogen and oxygen atoms in total. The largest absolute Gasteiger partial charge is 0.368 e. The molecule has 1 fully saturated rings. The zero-order valence-electron chi connectivity index (χ0n) is 12.0. The van der Waals surface area contributed by atoms with Crippen molar-refractivity contribution in [2.24, 2.45) is 0 Å².